The Bertz CT molecular complexity index is 1400. The molecule has 8 nitrogen and oxygen atoms in total. The largest absolute Gasteiger partial charge is 0.495 e. The average Bonchev–Trinajstić information content (AvgIpc) is 3.17. The van der Waals surface area contributed by atoms with E-state index in [-0.39, 0.29) is 6.42 Å². The maximum atomic E-state index is 11.4. The number of aliphatic carboxylic acids is 1. The van der Waals surface area contributed by atoms with Gasteiger partial charge in [0.15, 0.2) is 5.82 Å². The van der Waals surface area contributed by atoms with Gasteiger partial charge in [-0.15, -0.1) is 0 Å². The molecule has 0 aliphatic carbocycles. The summed E-state index contributed by atoms with van der Waals surface area (Å²) in [5.74, 6) is 0.644. The molecular weight excluding hydrogens is 454 g/mol. The quantitative estimate of drug-likeness (QED) is 0.424. The van der Waals surface area contributed by atoms with Crippen molar-refractivity contribution in [2.24, 2.45) is 0 Å². The van der Waals surface area contributed by atoms with Crippen molar-refractivity contribution in [2.75, 3.05) is 26.0 Å². The predicted molar refractivity (Wildman–Crippen MR) is 132 cm³/mol. The maximum absolute atomic E-state index is 11.4. The number of benzene rings is 2. The van der Waals surface area contributed by atoms with Crippen LogP contribution < -0.4 is 10.1 Å². The number of nitrogens with zero attached hydrogens (tertiary/aromatic N) is 4. The van der Waals surface area contributed by atoms with E-state index in [1.165, 1.54) is 17.3 Å². The summed E-state index contributed by atoms with van der Waals surface area (Å²) in [6.45, 7) is 1.88. The molecular formula is C25H24ClN5O3. The first kappa shape index (κ1) is 22.2. The van der Waals surface area contributed by atoms with E-state index >= 15 is 0 Å². The molecule has 0 saturated carbocycles. The van der Waals surface area contributed by atoms with Crippen LogP contribution in [0, 0.1) is 0 Å². The van der Waals surface area contributed by atoms with E-state index in [0.717, 1.165) is 41.9 Å². The highest BCUT2D eigenvalue weighted by molar-refractivity contribution is 6.32. The predicted octanol–water partition coefficient (Wildman–Crippen LogP) is 4.44. The Kier molecular flexibility index (Phi) is 5.85. The molecule has 174 valence electrons. The molecule has 2 aromatic carbocycles. The Labute approximate surface area is 201 Å². The van der Waals surface area contributed by atoms with Crippen LogP contribution in [0.3, 0.4) is 0 Å². The molecule has 0 fully saturated rings. The van der Waals surface area contributed by atoms with Gasteiger partial charge in [0.2, 0.25) is 5.95 Å². The number of halogens is 1. The molecule has 5 rings (SSSR count). The molecule has 0 spiro atoms. The maximum Gasteiger partial charge on any atom is 0.307 e. The third-order valence-corrected chi connectivity index (χ3v) is 6.33. The van der Waals surface area contributed by atoms with Crippen LogP contribution in [0.1, 0.15) is 16.7 Å². The lowest BCUT2D eigenvalue weighted by molar-refractivity contribution is -0.136. The van der Waals surface area contributed by atoms with Gasteiger partial charge in [0.25, 0.3) is 0 Å². The van der Waals surface area contributed by atoms with E-state index in [1.54, 1.807) is 13.3 Å². The average molecular weight is 478 g/mol. The summed E-state index contributed by atoms with van der Waals surface area (Å²) in [4.78, 5) is 22.7. The third-order valence-electron chi connectivity index (χ3n) is 6.06. The van der Waals surface area contributed by atoms with Crippen molar-refractivity contribution < 1.29 is 14.6 Å². The number of carboxylic acid groups (broad SMARTS) is 1. The summed E-state index contributed by atoms with van der Waals surface area (Å²) in [5.41, 5.74) is 4.80. The van der Waals surface area contributed by atoms with E-state index in [0.29, 0.717) is 22.4 Å². The Morgan fingerprint density at radius 3 is 2.88 bits per heavy atom. The number of hydrogen-bond donors (Lipinski definition) is 2. The van der Waals surface area contributed by atoms with E-state index in [1.807, 2.05) is 28.8 Å². The van der Waals surface area contributed by atoms with Crippen molar-refractivity contribution in [3.05, 3.63) is 70.5 Å². The number of methoxy groups -OCH3 is 1. The van der Waals surface area contributed by atoms with Gasteiger partial charge in [0.1, 0.15) is 10.8 Å². The van der Waals surface area contributed by atoms with Gasteiger partial charge >= 0.3 is 5.97 Å². The lowest BCUT2D eigenvalue weighted by Gasteiger charge is -2.26. The summed E-state index contributed by atoms with van der Waals surface area (Å²) >= 11 is 6.50. The highest BCUT2D eigenvalue weighted by Crippen LogP contribution is 2.34. The monoisotopic (exact) mass is 477 g/mol. The number of para-hydroxylation sites is 1. The van der Waals surface area contributed by atoms with Crippen molar-refractivity contribution >= 4 is 40.1 Å². The summed E-state index contributed by atoms with van der Waals surface area (Å²) in [6.07, 6.45) is 4.19. The summed E-state index contributed by atoms with van der Waals surface area (Å²) in [5, 5.41) is 13.8. The van der Waals surface area contributed by atoms with E-state index in [9.17, 15) is 9.90 Å². The number of hydrogen-bond acceptors (Lipinski definition) is 6. The second-order valence-electron chi connectivity index (χ2n) is 8.41. The van der Waals surface area contributed by atoms with Gasteiger partial charge in [0.05, 0.1) is 30.9 Å². The molecule has 0 unspecified atom stereocenters. The van der Waals surface area contributed by atoms with Crippen LogP contribution >= 0.6 is 11.6 Å². The molecule has 0 bridgehead atoms. The zero-order valence-corrected chi connectivity index (χ0v) is 19.6. The molecule has 1 aliphatic heterocycles. The van der Waals surface area contributed by atoms with E-state index in [2.05, 4.69) is 39.4 Å². The Hall–Kier alpha value is -3.62. The molecule has 1 aliphatic rings. The molecule has 34 heavy (non-hydrogen) atoms. The van der Waals surface area contributed by atoms with Gasteiger partial charge in [-0.2, -0.15) is 4.98 Å². The SMILES string of the molecule is COc1cc2c(cc1Nc1ncc(Cl)c(-n3cc(CC(=O)O)c4ccccc43)n1)CN(C)CC2. The Morgan fingerprint density at radius 2 is 2.09 bits per heavy atom. The second kappa shape index (κ2) is 8.96. The fourth-order valence-corrected chi connectivity index (χ4v) is 4.61. The third kappa shape index (κ3) is 4.18. The fraction of sp³-hybridized carbons (Fsp3) is 0.240. The summed E-state index contributed by atoms with van der Waals surface area (Å²) in [7, 11) is 3.75. The summed E-state index contributed by atoms with van der Waals surface area (Å²) < 4.78 is 7.44. The van der Waals surface area contributed by atoms with Crippen LogP contribution in [-0.4, -0.2) is 51.2 Å². The van der Waals surface area contributed by atoms with Crippen LogP contribution in [0.25, 0.3) is 16.7 Å². The zero-order chi connectivity index (χ0) is 23.8. The number of rotatable bonds is 6. The second-order valence-corrected chi connectivity index (χ2v) is 8.82. The van der Waals surface area contributed by atoms with Gasteiger partial charge < -0.3 is 20.1 Å². The van der Waals surface area contributed by atoms with Crippen LogP contribution in [0.5, 0.6) is 5.75 Å². The smallest absolute Gasteiger partial charge is 0.307 e. The fourth-order valence-electron chi connectivity index (χ4n) is 4.43. The van der Waals surface area contributed by atoms with Gasteiger partial charge in [-0.05, 0) is 48.4 Å². The normalized spacial score (nSPS) is 13.6. The van der Waals surface area contributed by atoms with Crippen LogP contribution in [0.4, 0.5) is 11.6 Å². The van der Waals surface area contributed by atoms with Crippen molar-refractivity contribution in [1.29, 1.82) is 0 Å². The number of ether oxygens (including phenoxy) is 1. The van der Waals surface area contributed by atoms with Crippen LogP contribution in [0.2, 0.25) is 5.02 Å². The van der Waals surface area contributed by atoms with Gasteiger partial charge in [-0.3, -0.25) is 9.36 Å². The number of carbonyl (C=O) groups is 1. The van der Waals surface area contributed by atoms with Crippen molar-refractivity contribution in [3.63, 3.8) is 0 Å². The van der Waals surface area contributed by atoms with Gasteiger partial charge in [0, 0.05) is 24.7 Å². The molecule has 0 atom stereocenters. The molecule has 0 amide bonds. The van der Waals surface area contributed by atoms with Crippen LogP contribution in [-0.2, 0) is 24.2 Å². The first-order chi connectivity index (χ1) is 16.4. The lowest BCUT2D eigenvalue weighted by atomic mass is 9.99. The first-order valence-corrected chi connectivity index (χ1v) is 11.3. The zero-order valence-electron chi connectivity index (χ0n) is 18.9. The molecule has 3 heterocycles. The highest BCUT2D eigenvalue weighted by Gasteiger charge is 2.19. The van der Waals surface area contributed by atoms with Gasteiger partial charge in [-0.1, -0.05) is 29.8 Å². The molecule has 2 N–H and O–H groups in total. The van der Waals surface area contributed by atoms with E-state index in [4.69, 9.17) is 16.3 Å². The summed E-state index contributed by atoms with van der Waals surface area (Å²) in [6, 6.07) is 11.7. The molecule has 0 radical (unpaired) electrons. The minimum atomic E-state index is -0.899. The number of anilines is 2. The van der Waals surface area contributed by atoms with Crippen molar-refractivity contribution in [3.8, 4) is 11.6 Å². The highest BCUT2D eigenvalue weighted by atomic mass is 35.5. The van der Waals surface area contributed by atoms with E-state index < -0.39 is 5.97 Å². The first-order valence-electron chi connectivity index (χ1n) is 10.9. The van der Waals surface area contributed by atoms with Crippen LogP contribution in [0.15, 0.2) is 48.8 Å². The number of carboxylic acids is 1. The number of aromatic nitrogens is 3. The number of likely N-dealkylation sites (N-methyl/N-ethyl adjacent to an activating group) is 1. The minimum absolute atomic E-state index is 0.0951. The molecule has 0 saturated heterocycles. The Balaban J connectivity index is 1.55. The lowest BCUT2D eigenvalue weighted by Crippen LogP contribution is -2.26. The molecule has 2 aromatic heterocycles. The topological polar surface area (TPSA) is 92.5 Å². The minimum Gasteiger partial charge on any atom is -0.495 e. The Morgan fingerprint density at radius 1 is 1.26 bits per heavy atom. The standard InChI is InChI=1S/C25H24ClN5O3/c1-30-8-7-15-10-22(34-2)20(9-16(15)13-30)28-25-27-12-19(26)24(29-25)31-14-17(11-23(32)33)18-5-3-4-6-21(18)31/h3-6,9-10,12,14H,7-8,11,13H2,1-2H3,(H,32,33)(H,27,28,29). The number of fused-ring (bicyclic) bond motifs is 2. The van der Waals surface area contributed by atoms with Gasteiger partial charge in [-0.25, -0.2) is 4.98 Å². The molecule has 4 aromatic rings. The van der Waals surface area contributed by atoms with Crippen molar-refractivity contribution in [2.45, 2.75) is 19.4 Å². The number of nitrogens with one attached hydrogen (secondary N) is 1. The van der Waals surface area contributed by atoms with Crippen molar-refractivity contribution in [1.82, 2.24) is 19.4 Å². The molecule has 9 heteroatoms.